The molecule has 1 fully saturated rings. The van der Waals surface area contributed by atoms with Crippen LogP contribution in [0.2, 0.25) is 0 Å². The van der Waals surface area contributed by atoms with Gasteiger partial charge < -0.3 is 15.5 Å². The lowest BCUT2D eigenvalue weighted by molar-refractivity contribution is 0.251. The molecule has 0 atom stereocenters. The Labute approximate surface area is 147 Å². The van der Waals surface area contributed by atoms with Gasteiger partial charge in [-0.25, -0.2) is 9.78 Å². The fourth-order valence-electron chi connectivity index (χ4n) is 3.14. The molecule has 1 aliphatic rings. The molecule has 0 radical (unpaired) electrons. The number of hydrogen-bond acceptors (Lipinski definition) is 4. The predicted octanol–water partition coefficient (Wildman–Crippen LogP) is 3.99. The average Bonchev–Trinajstić information content (AvgIpc) is 3.19. The summed E-state index contributed by atoms with van der Waals surface area (Å²) in [6.07, 6.45) is 2.48. The van der Waals surface area contributed by atoms with Crippen LogP contribution >= 0.6 is 11.3 Å². The molecule has 24 heavy (non-hydrogen) atoms. The molecule has 0 saturated carbocycles. The van der Waals surface area contributed by atoms with E-state index in [1.807, 2.05) is 19.2 Å². The molecule has 0 spiro atoms. The fourth-order valence-corrected chi connectivity index (χ4v) is 4.02. The number of urea groups is 1. The minimum absolute atomic E-state index is 0.194. The number of aromatic nitrogens is 1. The highest BCUT2D eigenvalue weighted by Gasteiger charge is 2.16. The van der Waals surface area contributed by atoms with Crippen LogP contribution in [0.3, 0.4) is 0 Å². The van der Waals surface area contributed by atoms with E-state index >= 15 is 0 Å². The first-order valence-corrected chi connectivity index (χ1v) is 9.23. The van der Waals surface area contributed by atoms with E-state index in [1.54, 1.807) is 11.3 Å². The molecule has 0 aliphatic carbocycles. The standard InChI is InChI=1S/C18H24N4OS/c1-12-8-13(2)16(14(3)9-12)21-17(23)19-10-15-11-24-18(20-15)22-6-4-5-7-22/h8-9,11H,4-7,10H2,1-3H3,(H2,19,21,23). The van der Waals surface area contributed by atoms with Gasteiger partial charge in [0.05, 0.1) is 12.2 Å². The number of aryl methyl sites for hydroxylation is 3. The molecule has 6 heteroatoms. The number of rotatable bonds is 4. The molecule has 2 aromatic rings. The number of amides is 2. The fraction of sp³-hybridized carbons (Fsp3) is 0.444. The Morgan fingerprint density at radius 1 is 1.21 bits per heavy atom. The Kier molecular flexibility index (Phi) is 5.04. The Balaban J connectivity index is 1.56. The normalized spacial score (nSPS) is 14.0. The topological polar surface area (TPSA) is 57.3 Å². The van der Waals surface area contributed by atoms with Crippen LogP contribution in [0.4, 0.5) is 15.6 Å². The number of thiazole rings is 1. The summed E-state index contributed by atoms with van der Waals surface area (Å²) in [5.74, 6) is 0. The highest BCUT2D eigenvalue weighted by Crippen LogP contribution is 2.24. The van der Waals surface area contributed by atoms with Crippen LogP contribution in [0.5, 0.6) is 0 Å². The molecule has 1 saturated heterocycles. The lowest BCUT2D eigenvalue weighted by Crippen LogP contribution is -2.29. The van der Waals surface area contributed by atoms with Gasteiger partial charge in [-0.3, -0.25) is 0 Å². The van der Waals surface area contributed by atoms with E-state index in [4.69, 9.17) is 0 Å². The second-order valence-electron chi connectivity index (χ2n) is 6.40. The third-order valence-electron chi connectivity index (χ3n) is 4.26. The van der Waals surface area contributed by atoms with Crippen LogP contribution in [0.25, 0.3) is 0 Å². The number of anilines is 2. The van der Waals surface area contributed by atoms with Crippen molar-refractivity contribution < 1.29 is 4.79 Å². The first kappa shape index (κ1) is 16.8. The lowest BCUT2D eigenvalue weighted by atomic mass is 10.1. The van der Waals surface area contributed by atoms with Gasteiger partial charge in [0.1, 0.15) is 0 Å². The van der Waals surface area contributed by atoms with Gasteiger partial charge in [0.15, 0.2) is 5.13 Å². The maximum Gasteiger partial charge on any atom is 0.319 e. The average molecular weight is 344 g/mol. The van der Waals surface area contributed by atoms with Crippen molar-refractivity contribution in [2.24, 2.45) is 0 Å². The van der Waals surface area contributed by atoms with Crippen molar-refractivity contribution in [1.82, 2.24) is 10.3 Å². The largest absolute Gasteiger partial charge is 0.348 e. The van der Waals surface area contributed by atoms with Crippen LogP contribution in [-0.2, 0) is 6.54 Å². The number of benzene rings is 1. The minimum atomic E-state index is -0.194. The molecule has 5 nitrogen and oxygen atoms in total. The number of hydrogen-bond donors (Lipinski definition) is 2. The van der Waals surface area contributed by atoms with Gasteiger partial charge in [0.25, 0.3) is 0 Å². The summed E-state index contributed by atoms with van der Waals surface area (Å²) in [7, 11) is 0. The summed E-state index contributed by atoms with van der Waals surface area (Å²) >= 11 is 1.65. The molecule has 2 amide bonds. The van der Waals surface area contributed by atoms with Crippen molar-refractivity contribution in [3.63, 3.8) is 0 Å². The second kappa shape index (κ2) is 7.21. The number of carbonyl (C=O) groups excluding carboxylic acids is 1. The van der Waals surface area contributed by atoms with Gasteiger partial charge in [0.2, 0.25) is 0 Å². The third kappa shape index (κ3) is 3.87. The van der Waals surface area contributed by atoms with E-state index in [0.29, 0.717) is 6.54 Å². The van der Waals surface area contributed by atoms with Gasteiger partial charge in [-0.05, 0) is 44.7 Å². The number of carbonyl (C=O) groups is 1. The molecule has 1 aromatic heterocycles. The van der Waals surface area contributed by atoms with E-state index in [0.717, 1.165) is 40.7 Å². The Morgan fingerprint density at radius 3 is 2.54 bits per heavy atom. The summed E-state index contributed by atoms with van der Waals surface area (Å²) in [5, 5.41) is 8.94. The van der Waals surface area contributed by atoms with Crippen molar-refractivity contribution >= 4 is 28.2 Å². The first-order valence-electron chi connectivity index (χ1n) is 8.35. The van der Waals surface area contributed by atoms with Gasteiger partial charge in [-0.1, -0.05) is 17.7 Å². The highest BCUT2D eigenvalue weighted by molar-refractivity contribution is 7.13. The SMILES string of the molecule is Cc1cc(C)c(NC(=O)NCc2csc(N3CCCC3)n2)c(C)c1. The Bertz CT molecular complexity index is 711. The predicted molar refractivity (Wildman–Crippen MR) is 100 cm³/mol. The maximum atomic E-state index is 12.2. The summed E-state index contributed by atoms with van der Waals surface area (Å²) < 4.78 is 0. The van der Waals surface area contributed by atoms with Crippen molar-refractivity contribution in [3.8, 4) is 0 Å². The molecule has 2 heterocycles. The van der Waals surface area contributed by atoms with E-state index in [-0.39, 0.29) is 6.03 Å². The maximum absolute atomic E-state index is 12.2. The van der Waals surface area contributed by atoms with Gasteiger partial charge in [-0.2, -0.15) is 0 Å². The smallest absolute Gasteiger partial charge is 0.319 e. The molecule has 0 unspecified atom stereocenters. The molecule has 128 valence electrons. The minimum Gasteiger partial charge on any atom is -0.348 e. The summed E-state index contributed by atoms with van der Waals surface area (Å²) in [6.45, 7) is 8.71. The quantitative estimate of drug-likeness (QED) is 0.882. The first-order chi connectivity index (χ1) is 11.5. The Morgan fingerprint density at radius 2 is 1.88 bits per heavy atom. The van der Waals surface area contributed by atoms with Crippen LogP contribution in [0.1, 0.15) is 35.2 Å². The zero-order valence-corrected chi connectivity index (χ0v) is 15.3. The summed E-state index contributed by atoms with van der Waals surface area (Å²) in [4.78, 5) is 19.1. The van der Waals surface area contributed by atoms with E-state index in [9.17, 15) is 4.79 Å². The van der Waals surface area contributed by atoms with Crippen molar-refractivity contribution in [3.05, 3.63) is 39.9 Å². The lowest BCUT2D eigenvalue weighted by Gasteiger charge is -2.13. The molecular formula is C18H24N4OS. The number of nitrogens with zero attached hydrogens (tertiary/aromatic N) is 2. The summed E-state index contributed by atoms with van der Waals surface area (Å²) in [5.41, 5.74) is 5.15. The molecular weight excluding hydrogens is 320 g/mol. The summed E-state index contributed by atoms with van der Waals surface area (Å²) in [6, 6.07) is 3.96. The highest BCUT2D eigenvalue weighted by atomic mass is 32.1. The number of nitrogens with one attached hydrogen (secondary N) is 2. The van der Waals surface area contributed by atoms with Crippen LogP contribution in [0.15, 0.2) is 17.5 Å². The zero-order valence-electron chi connectivity index (χ0n) is 14.5. The van der Waals surface area contributed by atoms with Gasteiger partial charge in [-0.15, -0.1) is 11.3 Å². The molecule has 3 rings (SSSR count). The van der Waals surface area contributed by atoms with Crippen molar-refractivity contribution in [2.75, 3.05) is 23.3 Å². The second-order valence-corrected chi connectivity index (χ2v) is 7.23. The van der Waals surface area contributed by atoms with E-state index in [2.05, 4.69) is 39.6 Å². The van der Waals surface area contributed by atoms with E-state index < -0.39 is 0 Å². The van der Waals surface area contributed by atoms with Gasteiger partial charge in [0, 0.05) is 24.2 Å². The van der Waals surface area contributed by atoms with Gasteiger partial charge >= 0.3 is 6.03 Å². The van der Waals surface area contributed by atoms with Crippen LogP contribution < -0.4 is 15.5 Å². The zero-order chi connectivity index (χ0) is 17.1. The Hall–Kier alpha value is -2.08. The van der Waals surface area contributed by atoms with Crippen molar-refractivity contribution in [1.29, 1.82) is 0 Å². The third-order valence-corrected chi connectivity index (χ3v) is 5.21. The monoisotopic (exact) mass is 344 g/mol. The van der Waals surface area contributed by atoms with Crippen LogP contribution in [-0.4, -0.2) is 24.1 Å². The van der Waals surface area contributed by atoms with E-state index in [1.165, 1.54) is 18.4 Å². The molecule has 2 N–H and O–H groups in total. The molecule has 1 aliphatic heterocycles. The van der Waals surface area contributed by atoms with Crippen LogP contribution in [0, 0.1) is 20.8 Å². The molecule has 1 aromatic carbocycles. The van der Waals surface area contributed by atoms with Crippen molar-refractivity contribution in [2.45, 2.75) is 40.2 Å². The molecule has 0 bridgehead atoms.